The number of nitrogens with zero attached hydrogens (tertiary/aromatic N) is 1. The SMILES string of the molecule is CC=CC(=O)NCCC(CC(O)CS(=O)(=O)[O-])N(C)C.[Na+]. The fourth-order valence-electron chi connectivity index (χ4n) is 1.78. The molecule has 1 amide bonds. The minimum Gasteiger partial charge on any atom is -0.748 e. The van der Waals surface area contributed by atoms with Gasteiger partial charge in [0.05, 0.1) is 22.0 Å². The van der Waals surface area contributed by atoms with E-state index in [2.05, 4.69) is 5.32 Å². The zero-order valence-electron chi connectivity index (χ0n) is 13.1. The monoisotopic (exact) mass is 330 g/mol. The Labute approximate surface area is 148 Å². The standard InChI is InChI=1S/C12H24N2O5S.Na/c1-4-5-12(16)13-7-6-10(14(2)3)8-11(15)9-20(17,18)19;/h4-5,10-11,15H,6-9H2,1-3H3,(H,13,16)(H,17,18,19);/q;+1/p-1. The molecular formula is C12H23N2NaO5S. The average Bonchev–Trinajstić information content (AvgIpc) is 2.25. The van der Waals surface area contributed by atoms with E-state index in [9.17, 15) is 22.9 Å². The molecule has 118 valence electrons. The van der Waals surface area contributed by atoms with Gasteiger partial charge in [-0.3, -0.25) is 4.79 Å². The normalized spacial score (nSPS) is 14.8. The molecule has 0 aliphatic rings. The molecule has 0 aliphatic carbocycles. The predicted molar refractivity (Wildman–Crippen MR) is 75.1 cm³/mol. The van der Waals surface area contributed by atoms with Crippen LogP contribution in [0.5, 0.6) is 0 Å². The summed E-state index contributed by atoms with van der Waals surface area (Å²) in [5.41, 5.74) is 0. The number of hydrogen-bond donors (Lipinski definition) is 2. The molecule has 2 atom stereocenters. The molecule has 0 saturated carbocycles. The van der Waals surface area contributed by atoms with Crippen molar-refractivity contribution in [3.8, 4) is 0 Å². The molecule has 2 unspecified atom stereocenters. The summed E-state index contributed by atoms with van der Waals surface area (Å²) in [6.07, 6.45) is 2.54. The Morgan fingerprint density at radius 3 is 2.43 bits per heavy atom. The molecule has 9 heteroatoms. The number of aliphatic hydroxyl groups is 1. The van der Waals surface area contributed by atoms with E-state index in [1.165, 1.54) is 6.08 Å². The average molecular weight is 330 g/mol. The molecule has 0 bridgehead atoms. The van der Waals surface area contributed by atoms with Gasteiger partial charge in [0.1, 0.15) is 0 Å². The van der Waals surface area contributed by atoms with Crippen molar-refractivity contribution >= 4 is 16.0 Å². The third-order valence-corrected chi connectivity index (χ3v) is 3.56. The van der Waals surface area contributed by atoms with Crippen LogP contribution in [0.2, 0.25) is 0 Å². The summed E-state index contributed by atoms with van der Waals surface area (Å²) in [7, 11) is -0.856. The number of nitrogens with one attached hydrogen (secondary N) is 1. The number of amides is 1. The van der Waals surface area contributed by atoms with Crippen LogP contribution in [0, 0.1) is 0 Å². The van der Waals surface area contributed by atoms with E-state index in [1.54, 1.807) is 27.1 Å². The largest absolute Gasteiger partial charge is 1.00 e. The second-order valence-electron chi connectivity index (χ2n) is 4.81. The molecule has 0 heterocycles. The molecule has 0 fully saturated rings. The zero-order chi connectivity index (χ0) is 15.8. The van der Waals surface area contributed by atoms with E-state index in [-0.39, 0.29) is 47.9 Å². The summed E-state index contributed by atoms with van der Waals surface area (Å²) in [5, 5.41) is 12.3. The minimum absolute atomic E-state index is 0. The van der Waals surface area contributed by atoms with Crippen molar-refractivity contribution in [3.05, 3.63) is 12.2 Å². The van der Waals surface area contributed by atoms with Crippen molar-refractivity contribution in [2.75, 3.05) is 26.4 Å². The molecule has 0 saturated heterocycles. The Morgan fingerprint density at radius 1 is 1.43 bits per heavy atom. The summed E-state index contributed by atoms with van der Waals surface area (Å²) in [6, 6.07) is -0.127. The van der Waals surface area contributed by atoms with Gasteiger partial charge in [-0.2, -0.15) is 0 Å². The van der Waals surface area contributed by atoms with Crippen molar-refractivity contribution in [2.24, 2.45) is 0 Å². The van der Waals surface area contributed by atoms with Crippen LogP contribution < -0.4 is 34.9 Å². The fraction of sp³-hybridized carbons (Fsp3) is 0.750. The molecule has 0 radical (unpaired) electrons. The molecule has 0 aliphatic heterocycles. The van der Waals surface area contributed by atoms with Gasteiger partial charge in [-0.05, 0) is 39.9 Å². The maximum atomic E-state index is 11.2. The maximum Gasteiger partial charge on any atom is 1.00 e. The zero-order valence-corrected chi connectivity index (χ0v) is 15.9. The van der Waals surface area contributed by atoms with Gasteiger partial charge in [-0.1, -0.05) is 6.08 Å². The van der Waals surface area contributed by atoms with Crippen LogP contribution in [0.3, 0.4) is 0 Å². The second-order valence-corrected chi connectivity index (χ2v) is 6.26. The van der Waals surface area contributed by atoms with E-state index in [0.29, 0.717) is 13.0 Å². The smallest absolute Gasteiger partial charge is 0.748 e. The van der Waals surface area contributed by atoms with Crippen molar-refractivity contribution < 1.29 is 52.4 Å². The van der Waals surface area contributed by atoms with Crippen molar-refractivity contribution in [1.29, 1.82) is 0 Å². The number of rotatable bonds is 9. The first-order valence-corrected chi connectivity index (χ1v) is 7.92. The van der Waals surface area contributed by atoms with Crippen LogP contribution in [-0.2, 0) is 14.9 Å². The van der Waals surface area contributed by atoms with Gasteiger partial charge in [-0.25, -0.2) is 8.42 Å². The van der Waals surface area contributed by atoms with Gasteiger partial charge in [-0.15, -0.1) is 0 Å². The van der Waals surface area contributed by atoms with Crippen LogP contribution in [0.4, 0.5) is 0 Å². The Kier molecular flexibility index (Phi) is 12.9. The maximum absolute atomic E-state index is 11.2. The molecular weight excluding hydrogens is 307 g/mol. The molecule has 0 rings (SSSR count). The number of hydrogen-bond acceptors (Lipinski definition) is 6. The second kappa shape index (κ2) is 11.6. The van der Waals surface area contributed by atoms with E-state index in [1.807, 2.05) is 4.90 Å². The first kappa shape index (κ1) is 23.3. The summed E-state index contributed by atoms with van der Waals surface area (Å²) >= 11 is 0. The fourth-order valence-corrected chi connectivity index (χ4v) is 2.38. The summed E-state index contributed by atoms with van der Waals surface area (Å²) in [5.74, 6) is -0.991. The molecule has 21 heavy (non-hydrogen) atoms. The van der Waals surface area contributed by atoms with Gasteiger partial charge < -0.3 is 19.9 Å². The van der Waals surface area contributed by atoms with E-state index in [0.717, 1.165) is 0 Å². The third kappa shape index (κ3) is 13.4. The van der Waals surface area contributed by atoms with Gasteiger partial charge in [0, 0.05) is 12.6 Å². The predicted octanol–water partition coefficient (Wildman–Crippen LogP) is -3.70. The quantitative estimate of drug-likeness (QED) is 0.256. The van der Waals surface area contributed by atoms with Gasteiger partial charge >= 0.3 is 29.6 Å². The number of aliphatic hydroxyl groups excluding tert-OH is 1. The Morgan fingerprint density at radius 2 is 2.00 bits per heavy atom. The van der Waals surface area contributed by atoms with Gasteiger partial charge in [0.15, 0.2) is 0 Å². The van der Waals surface area contributed by atoms with E-state index in [4.69, 9.17) is 0 Å². The molecule has 0 spiro atoms. The van der Waals surface area contributed by atoms with Crippen LogP contribution in [0.1, 0.15) is 19.8 Å². The molecule has 0 aromatic carbocycles. The summed E-state index contributed by atoms with van der Waals surface area (Å²) in [6.45, 7) is 2.14. The molecule has 0 aromatic heterocycles. The summed E-state index contributed by atoms with van der Waals surface area (Å²) < 4.78 is 31.7. The first-order chi connectivity index (χ1) is 9.15. The van der Waals surface area contributed by atoms with Crippen LogP contribution in [0.15, 0.2) is 12.2 Å². The van der Waals surface area contributed by atoms with Crippen LogP contribution >= 0.6 is 0 Å². The Hall–Kier alpha value is 0.0400. The molecule has 7 nitrogen and oxygen atoms in total. The Bertz CT molecular complexity index is 425. The molecule has 0 aromatic rings. The summed E-state index contributed by atoms with van der Waals surface area (Å²) in [4.78, 5) is 13.0. The van der Waals surface area contributed by atoms with Gasteiger partial charge in [0.2, 0.25) is 5.91 Å². The number of carbonyl (C=O) groups is 1. The van der Waals surface area contributed by atoms with E-state index >= 15 is 0 Å². The first-order valence-electron chi connectivity index (χ1n) is 6.34. The number of carbonyl (C=O) groups excluding carboxylic acids is 1. The topological polar surface area (TPSA) is 110 Å². The van der Waals surface area contributed by atoms with Crippen molar-refractivity contribution in [2.45, 2.75) is 31.9 Å². The molecule has 2 N–H and O–H groups in total. The van der Waals surface area contributed by atoms with Crippen molar-refractivity contribution in [1.82, 2.24) is 10.2 Å². The van der Waals surface area contributed by atoms with E-state index < -0.39 is 22.0 Å². The minimum atomic E-state index is -4.43. The third-order valence-electron chi connectivity index (χ3n) is 2.77. The number of allylic oxidation sites excluding steroid dienone is 1. The van der Waals surface area contributed by atoms with Gasteiger partial charge in [0.25, 0.3) is 0 Å². The Balaban J connectivity index is 0. The van der Waals surface area contributed by atoms with Crippen molar-refractivity contribution in [3.63, 3.8) is 0 Å². The van der Waals surface area contributed by atoms with Crippen LogP contribution in [-0.4, -0.2) is 67.4 Å². The van der Waals surface area contributed by atoms with Crippen LogP contribution in [0.25, 0.3) is 0 Å².